The van der Waals surface area contributed by atoms with Gasteiger partial charge in [-0.2, -0.15) is 5.26 Å². The van der Waals surface area contributed by atoms with Crippen LogP contribution in [0, 0.1) is 23.2 Å². The van der Waals surface area contributed by atoms with E-state index in [2.05, 4.69) is 57.0 Å². The summed E-state index contributed by atoms with van der Waals surface area (Å²) in [6.07, 6.45) is 12.0. The molecule has 1 N–H and O–H groups in total. The number of pyridine rings is 1. The maximum Gasteiger partial charge on any atom is 0.230 e. The van der Waals surface area contributed by atoms with Crippen LogP contribution in [0.3, 0.4) is 0 Å². The van der Waals surface area contributed by atoms with Crippen molar-refractivity contribution in [3.8, 4) is 6.07 Å². The molecule has 0 unspecified atom stereocenters. The van der Waals surface area contributed by atoms with Crippen molar-refractivity contribution in [3.63, 3.8) is 0 Å². The number of piperidine rings is 1. The number of fused-ring (bicyclic) bond motifs is 3. The van der Waals surface area contributed by atoms with Gasteiger partial charge in [0.05, 0.1) is 24.2 Å². The fourth-order valence-electron chi connectivity index (χ4n) is 6.48. The Morgan fingerprint density at radius 1 is 1.03 bits per heavy atom. The average Bonchev–Trinajstić information content (AvgIpc) is 3.55. The zero-order valence-electron chi connectivity index (χ0n) is 21.3. The highest BCUT2D eigenvalue weighted by atomic mass is 16.2. The van der Waals surface area contributed by atoms with Crippen LogP contribution in [0.1, 0.15) is 62.4 Å². The van der Waals surface area contributed by atoms with E-state index in [1.54, 1.807) is 0 Å². The maximum atomic E-state index is 13.5. The summed E-state index contributed by atoms with van der Waals surface area (Å²) in [4.78, 5) is 28.3. The second kappa shape index (κ2) is 10.4. The molecule has 3 aromatic heterocycles. The summed E-state index contributed by atoms with van der Waals surface area (Å²) in [6, 6.07) is 15.4. The molecular weight excluding hydrogens is 460 g/mol. The molecule has 1 saturated carbocycles. The summed E-state index contributed by atoms with van der Waals surface area (Å²) >= 11 is 0. The Hall–Kier alpha value is -3.66. The molecule has 7 heteroatoms. The third-order valence-electron chi connectivity index (χ3n) is 8.51. The van der Waals surface area contributed by atoms with Crippen molar-refractivity contribution in [2.24, 2.45) is 11.8 Å². The monoisotopic (exact) mass is 494 g/mol. The van der Waals surface area contributed by atoms with Crippen LogP contribution >= 0.6 is 0 Å². The minimum absolute atomic E-state index is 0.172. The van der Waals surface area contributed by atoms with Crippen molar-refractivity contribution >= 4 is 28.0 Å². The molecule has 37 heavy (non-hydrogen) atoms. The first-order valence-corrected chi connectivity index (χ1v) is 13.7. The number of hydrogen-bond donors (Lipinski definition) is 1. The number of H-pyrrole nitrogens is 1. The lowest BCUT2D eigenvalue weighted by molar-refractivity contribution is -0.132. The number of aromatic amines is 1. The van der Waals surface area contributed by atoms with Gasteiger partial charge in [-0.05, 0) is 68.4 Å². The second-order valence-corrected chi connectivity index (χ2v) is 10.9. The molecule has 1 aliphatic carbocycles. The van der Waals surface area contributed by atoms with Crippen molar-refractivity contribution in [2.45, 2.75) is 63.8 Å². The van der Waals surface area contributed by atoms with E-state index in [-0.39, 0.29) is 5.91 Å². The van der Waals surface area contributed by atoms with Crippen LogP contribution in [0.5, 0.6) is 0 Å². The number of nitrogens with zero attached hydrogens (tertiary/aromatic N) is 5. The van der Waals surface area contributed by atoms with Crippen LogP contribution in [0.2, 0.25) is 0 Å². The van der Waals surface area contributed by atoms with Gasteiger partial charge in [-0.3, -0.25) is 4.79 Å². The molecule has 6 rings (SSSR count). The van der Waals surface area contributed by atoms with Gasteiger partial charge < -0.3 is 14.5 Å². The lowest BCUT2D eigenvalue weighted by Crippen LogP contribution is -2.40. The molecule has 0 atom stereocenters. The van der Waals surface area contributed by atoms with Gasteiger partial charge in [-0.15, -0.1) is 0 Å². The molecule has 190 valence electrons. The number of nitriles is 1. The van der Waals surface area contributed by atoms with Gasteiger partial charge in [0.15, 0.2) is 0 Å². The van der Waals surface area contributed by atoms with Crippen molar-refractivity contribution in [2.75, 3.05) is 13.1 Å². The zero-order chi connectivity index (χ0) is 25.2. The first kappa shape index (κ1) is 23.7. The molecule has 1 aromatic carbocycles. The molecule has 1 aliphatic heterocycles. The molecule has 2 aliphatic rings. The number of hydrogen-bond acceptors (Lipinski definition) is 4. The van der Waals surface area contributed by atoms with E-state index in [0.717, 1.165) is 85.9 Å². The van der Waals surface area contributed by atoms with Crippen molar-refractivity contribution < 1.29 is 4.79 Å². The van der Waals surface area contributed by atoms with Gasteiger partial charge in [0.1, 0.15) is 17.0 Å². The summed E-state index contributed by atoms with van der Waals surface area (Å²) in [7, 11) is 0. The van der Waals surface area contributed by atoms with Crippen LogP contribution in [0.25, 0.3) is 22.1 Å². The smallest absolute Gasteiger partial charge is 0.230 e. The summed E-state index contributed by atoms with van der Waals surface area (Å²) in [5, 5.41) is 10.2. The Bertz CT molecular complexity index is 1420. The number of amides is 1. The van der Waals surface area contributed by atoms with Gasteiger partial charge >= 0.3 is 0 Å². The molecular formula is C30H34N6O. The normalized spacial score (nSPS) is 20.9. The van der Waals surface area contributed by atoms with E-state index >= 15 is 0 Å². The second-order valence-electron chi connectivity index (χ2n) is 10.9. The van der Waals surface area contributed by atoms with E-state index in [0.29, 0.717) is 30.7 Å². The number of rotatable bonds is 6. The quantitative estimate of drug-likeness (QED) is 0.379. The number of aromatic nitrogens is 4. The van der Waals surface area contributed by atoms with Gasteiger partial charge in [0.2, 0.25) is 5.91 Å². The summed E-state index contributed by atoms with van der Waals surface area (Å²) in [5.41, 5.74) is 4.18. The minimum atomic E-state index is 0.172. The molecule has 0 spiro atoms. The number of carbonyl (C=O) groups excluding carboxylic acids is 1. The average molecular weight is 495 g/mol. The number of nitrogens with one attached hydrogen (secondary N) is 1. The molecule has 7 nitrogen and oxygen atoms in total. The standard InChI is InChI=1S/C30H34N6O/c31-14-10-21-6-8-24(9-7-21)36-27(34-26-20-33-30-25(29(26)36)11-15-32-30)19-28(37)35-16-12-23(13-17-35)18-22-4-2-1-3-5-22/h1-5,11,15,20-21,23-24H,6-10,12-13,16-19H2,(H,32,33)/t21-,24-. The Labute approximate surface area is 217 Å². The molecule has 1 saturated heterocycles. The van der Waals surface area contributed by atoms with Crippen molar-refractivity contribution in [1.29, 1.82) is 5.26 Å². The Morgan fingerprint density at radius 2 is 1.81 bits per heavy atom. The minimum Gasteiger partial charge on any atom is -0.346 e. The zero-order valence-corrected chi connectivity index (χ0v) is 21.3. The maximum absolute atomic E-state index is 13.5. The van der Waals surface area contributed by atoms with Crippen LogP contribution in [-0.2, 0) is 17.6 Å². The van der Waals surface area contributed by atoms with Gasteiger partial charge in [0.25, 0.3) is 0 Å². The van der Waals surface area contributed by atoms with Gasteiger partial charge in [-0.25, -0.2) is 9.97 Å². The predicted octanol–water partition coefficient (Wildman–Crippen LogP) is 5.58. The Balaban J connectivity index is 1.21. The number of carbonyl (C=O) groups is 1. The highest BCUT2D eigenvalue weighted by Gasteiger charge is 2.29. The first-order valence-electron chi connectivity index (χ1n) is 13.7. The molecule has 4 heterocycles. The van der Waals surface area contributed by atoms with Crippen LogP contribution in [-0.4, -0.2) is 43.4 Å². The molecule has 0 bridgehead atoms. The Morgan fingerprint density at radius 3 is 2.57 bits per heavy atom. The van der Waals surface area contributed by atoms with E-state index in [1.165, 1.54) is 5.56 Å². The summed E-state index contributed by atoms with van der Waals surface area (Å²) in [6.45, 7) is 1.64. The fraction of sp³-hybridized carbons (Fsp3) is 0.467. The van der Waals surface area contributed by atoms with Gasteiger partial charge in [-0.1, -0.05) is 30.3 Å². The highest BCUT2D eigenvalue weighted by Crippen LogP contribution is 2.38. The lowest BCUT2D eigenvalue weighted by atomic mass is 9.84. The number of likely N-dealkylation sites (tertiary alicyclic amines) is 1. The van der Waals surface area contributed by atoms with E-state index in [1.807, 2.05) is 17.3 Å². The first-order chi connectivity index (χ1) is 18.2. The highest BCUT2D eigenvalue weighted by molar-refractivity contribution is 6.01. The van der Waals surface area contributed by atoms with Crippen LogP contribution < -0.4 is 0 Å². The molecule has 0 radical (unpaired) electrons. The van der Waals surface area contributed by atoms with Crippen LogP contribution in [0.4, 0.5) is 0 Å². The van der Waals surface area contributed by atoms with Gasteiger partial charge in [0, 0.05) is 37.1 Å². The molecule has 1 amide bonds. The fourth-order valence-corrected chi connectivity index (χ4v) is 6.48. The topological polar surface area (TPSA) is 90.6 Å². The molecule has 2 fully saturated rings. The third-order valence-corrected chi connectivity index (χ3v) is 8.51. The van der Waals surface area contributed by atoms with Crippen molar-refractivity contribution in [3.05, 3.63) is 60.2 Å². The lowest BCUT2D eigenvalue weighted by Gasteiger charge is -2.33. The number of benzene rings is 1. The van der Waals surface area contributed by atoms with E-state index in [9.17, 15) is 4.79 Å². The van der Waals surface area contributed by atoms with Crippen LogP contribution in [0.15, 0.2) is 48.8 Å². The Kier molecular flexibility index (Phi) is 6.65. The largest absolute Gasteiger partial charge is 0.346 e. The third kappa shape index (κ3) is 4.85. The van der Waals surface area contributed by atoms with Crippen molar-refractivity contribution in [1.82, 2.24) is 24.4 Å². The molecule has 4 aromatic rings. The number of imidazole rings is 1. The summed E-state index contributed by atoms with van der Waals surface area (Å²) < 4.78 is 2.34. The predicted molar refractivity (Wildman–Crippen MR) is 144 cm³/mol. The van der Waals surface area contributed by atoms with E-state index < -0.39 is 0 Å². The SMILES string of the molecule is N#CC[C@H]1CC[C@H](n2c(CC(=O)N3CCC(Cc4ccccc4)CC3)nc3cnc4[nH]ccc4c32)CC1. The summed E-state index contributed by atoms with van der Waals surface area (Å²) in [5.74, 6) is 2.14. The van der Waals surface area contributed by atoms with E-state index in [4.69, 9.17) is 10.2 Å².